The zero-order valence-electron chi connectivity index (χ0n) is 11.2. The Labute approximate surface area is 117 Å². The van der Waals surface area contributed by atoms with E-state index >= 15 is 0 Å². The van der Waals surface area contributed by atoms with Crippen molar-refractivity contribution in [3.63, 3.8) is 0 Å². The van der Waals surface area contributed by atoms with Crippen LogP contribution in [0.5, 0.6) is 0 Å². The van der Waals surface area contributed by atoms with Gasteiger partial charge in [-0.25, -0.2) is 0 Å². The summed E-state index contributed by atoms with van der Waals surface area (Å²) in [6, 6.07) is 5.43. The van der Waals surface area contributed by atoms with Gasteiger partial charge >= 0.3 is 0 Å². The highest BCUT2D eigenvalue weighted by Crippen LogP contribution is 2.20. The van der Waals surface area contributed by atoms with Gasteiger partial charge in [-0.2, -0.15) is 0 Å². The average molecular weight is 313 g/mol. The van der Waals surface area contributed by atoms with Gasteiger partial charge < -0.3 is 11.1 Å². The van der Waals surface area contributed by atoms with Gasteiger partial charge in [0.05, 0.1) is 5.56 Å². The van der Waals surface area contributed by atoms with Gasteiger partial charge in [-0.3, -0.25) is 4.79 Å². The number of hydrogen-bond acceptors (Lipinski definition) is 2. The summed E-state index contributed by atoms with van der Waals surface area (Å²) in [6.07, 6.45) is 2.13. The van der Waals surface area contributed by atoms with E-state index in [1.54, 1.807) is 18.2 Å². The SMILES string of the molecule is CCC(CC)C(C)NC(=O)c1cc(N)ccc1Br. The zero-order chi connectivity index (χ0) is 13.7. The molecule has 1 unspecified atom stereocenters. The third kappa shape index (κ3) is 3.73. The number of nitrogen functional groups attached to an aromatic ring is 1. The van der Waals surface area contributed by atoms with E-state index in [-0.39, 0.29) is 11.9 Å². The molecule has 0 aliphatic heterocycles. The number of benzene rings is 1. The van der Waals surface area contributed by atoms with Crippen molar-refractivity contribution in [2.24, 2.45) is 5.92 Å². The highest BCUT2D eigenvalue weighted by atomic mass is 79.9. The lowest BCUT2D eigenvalue weighted by atomic mass is 9.95. The molecule has 0 aliphatic rings. The second kappa shape index (κ2) is 6.78. The van der Waals surface area contributed by atoms with Gasteiger partial charge in [0.15, 0.2) is 0 Å². The molecule has 0 aliphatic carbocycles. The van der Waals surface area contributed by atoms with Crippen molar-refractivity contribution >= 4 is 27.5 Å². The predicted octanol–water partition coefficient (Wildman–Crippen LogP) is 3.59. The van der Waals surface area contributed by atoms with Crippen LogP contribution in [0.15, 0.2) is 22.7 Å². The van der Waals surface area contributed by atoms with Crippen molar-refractivity contribution in [1.82, 2.24) is 5.32 Å². The van der Waals surface area contributed by atoms with E-state index in [1.807, 2.05) is 0 Å². The Balaban J connectivity index is 2.79. The number of anilines is 1. The number of halogens is 1. The van der Waals surface area contributed by atoms with Crippen molar-refractivity contribution in [1.29, 1.82) is 0 Å². The van der Waals surface area contributed by atoms with Crippen LogP contribution in [-0.2, 0) is 0 Å². The van der Waals surface area contributed by atoms with Crippen LogP contribution in [0.1, 0.15) is 44.0 Å². The summed E-state index contributed by atoms with van der Waals surface area (Å²) >= 11 is 3.38. The Bertz CT molecular complexity index is 416. The number of carbonyl (C=O) groups is 1. The fraction of sp³-hybridized carbons (Fsp3) is 0.500. The third-order valence-electron chi connectivity index (χ3n) is 3.35. The lowest BCUT2D eigenvalue weighted by molar-refractivity contribution is 0.0924. The second-order valence-corrected chi connectivity index (χ2v) is 5.43. The number of nitrogens with two attached hydrogens (primary N) is 1. The van der Waals surface area contributed by atoms with Gasteiger partial charge in [-0.15, -0.1) is 0 Å². The quantitative estimate of drug-likeness (QED) is 0.816. The summed E-state index contributed by atoms with van der Waals surface area (Å²) < 4.78 is 0.769. The lowest BCUT2D eigenvalue weighted by Gasteiger charge is -2.22. The molecule has 0 fully saturated rings. The van der Waals surface area contributed by atoms with Crippen LogP contribution in [0.4, 0.5) is 5.69 Å². The molecule has 0 radical (unpaired) electrons. The summed E-state index contributed by atoms with van der Waals surface area (Å²) in [4.78, 5) is 12.2. The number of nitrogens with one attached hydrogen (secondary N) is 1. The van der Waals surface area contributed by atoms with Crippen molar-refractivity contribution in [3.05, 3.63) is 28.2 Å². The van der Waals surface area contributed by atoms with Crippen LogP contribution in [0.3, 0.4) is 0 Å². The molecule has 3 nitrogen and oxygen atoms in total. The van der Waals surface area contributed by atoms with Crippen LogP contribution in [0, 0.1) is 5.92 Å². The van der Waals surface area contributed by atoms with E-state index in [1.165, 1.54) is 0 Å². The molecule has 100 valence electrons. The Hall–Kier alpha value is -1.03. The van der Waals surface area contributed by atoms with Crippen LogP contribution in [0.25, 0.3) is 0 Å². The van der Waals surface area contributed by atoms with E-state index in [9.17, 15) is 4.79 Å². The number of amides is 1. The highest BCUT2D eigenvalue weighted by molar-refractivity contribution is 9.10. The van der Waals surface area contributed by atoms with Crippen LogP contribution in [0.2, 0.25) is 0 Å². The summed E-state index contributed by atoms with van der Waals surface area (Å²) in [5, 5.41) is 3.04. The average Bonchev–Trinajstić information content (AvgIpc) is 2.33. The molecule has 4 heteroatoms. The molecule has 0 spiro atoms. The van der Waals surface area contributed by atoms with Crippen LogP contribution in [-0.4, -0.2) is 11.9 Å². The fourth-order valence-electron chi connectivity index (χ4n) is 2.12. The number of carbonyl (C=O) groups excluding carboxylic acids is 1. The summed E-state index contributed by atoms with van der Waals surface area (Å²) in [5.41, 5.74) is 6.89. The summed E-state index contributed by atoms with van der Waals surface area (Å²) in [7, 11) is 0. The molecular weight excluding hydrogens is 292 g/mol. The first-order chi connectivity index (χ1) is 8.49. The molecule has 1 rings (SSSR count). The molecule has 1 amide bonds. The largest absolute Gasteiger partial charge is 0.399 e. The first kappa shape index (κ1) is 15.0. The third-order valence-corrected chi connectivity index (χ3v) is 4.04. The van der Waals surface area contributed by atoms with E-state index in [0.29, 0.717) is 17.2 Å². The Morgan fingerprint density at radius 2 is 2.00 bits per heavy atom. The molecule has 0 heterocycles. The maximum absolute atomic E-state index is 12.2. The van der Waals surface area contributed by atoms with Gasteiger partial charge in [-0.1, -0.05) is 26.7 Å². The number of rotatable bonds is 5. The Morgan fingerprint density at radius 1 is 1.39 bits per heavy atom. The summed E-state index contributed by atoms with van der Waals surface area (Å²) in [6.45, 7) is 6.34. The maximum atomic E-state index is 12.2. The first-order valence-electron chi connectivity index (χ1n) is 6.35. The molecule has 0 saturated heterocycles. The van der Waals surface area contributed by atoms with Gasteiger partial charge in [0.25, 0.3) is 5.91 Å². The topological polar surface area (TPSA) is 55.1 Å². The molecule has 0 aromatic heterocycles. The molecule has 1 atom stereocenters. The Kier molecular flexibility index (Phi) is 5.66. The van der Waals surface area contributed by atoms with Crippen LogP contribution < -0.4 is 11.1 Å². The minimum atomic E-state index is -0.0754. The zero-order valence-corrected chi connectivity index (χ0v) is 12.8. The monoisotopic (exact) mass is 312 g/mol. The molecule has 0 bridgehead atoms. The van der Waals surface area contributed by atoms with Crippen LogP contribution >= 0.6 is 15.9 Å². The van der Waals surface area contributed by atoms with E-state index in [2.05, 4.69) is 42.0 Å². The predicted molar refractivity (Wildman–Crippen MR) is 79.6 cm³/mol. The van der Waals surface area contributed by atoms with Gasteiger partial charge in [0.2, 0.25) is 0 Å². The first-order valence-corrected chi connectivity index (χ1v) is 7.14. The molecule has 3 N–H and O–H groups in total. The van der Waals surface area contributed by atoms with E-state index < -0.39 is 0 Å². The smallest absolute Gasteiger partial charge is 0.252 e. The van der Waals surface area contributed by atoms with Crippen molar-refractivity contribution < 1.29 is 4.79 Å². The molecule has 18 heavy (non-hydrogen) atoms. The van der Waals surface area contributed by atoms with Gasteiger partial charge in [-0.05, 0) is 47.0 Å². The van der Waals surface area contributed by atoms with Crippen molar-refractivity contribution in [2.75, 3.05) is 5.73 Å². The summed E-state index contributed by atoms with van der Waals surface area (Å²) in [5.74, 6) is 0.433. The number of hydrogen-bond donors (Lipinski definition) is 2. The van der Waals surface area contributed by atoms with E-state index in [0.717, 1.165) is 17.3 Å². The lowest BCUT2D eigenvalue weighted by Crippen LogP contribution is -2.37. The minimum Gasteiger partial charge on any atom is -0.399 e. The van der Waals surface area contributed by atoms with Gasteiger partial charge in [0.1, 0.15) is 0 Å². The Morgan fingerprint density at radius 3 is 2.56 bits per heavy atom. The van der Waals surface area contributed by atoms with Crippen molar-refractivity contribution in [3.8, 4) is 0 Å². The maximum Gasteiger partial charge on any atom is 0.252 e. The molecule has 1 aromatic carbocycles. The standard InChI is InChI=1S/C14H21BrN2O/c1-4-10(5-2)9(3)17-14(18)12-8-11(16)6-7-13(12)15/h6-10H,4-5,16H2,1-3H3,(H,17,18). The minimum absolute atomic E-state index is 0.0754. The van der Waals surface area contributed by atoms with Crippen molar-refractivity contribution in [2.45, 2.75) is 39.7 Å². The van der Waals surface area contributed by atoms with E-state index in [4.69, 9.17) is 5.73 Å². The fourth-order valence-corrected chi connectivity index (χ4v) is 2.54. The molecule has 0 saturated carbocycles. The van der Waals surface area contributed by atoms with Gasteiger partial charge in [0, 0.05) is 16.2 Å². The highest BCUT2D eigenvalue weighted by Gasteiger charge is 2.18. The molecular formula is C14H21BrN2O. The normalized spacial score (nSPS) is 12.5. The second-order valence-electron chi connectivity index (χ2n) is 4.58. The molecule has 1 aromatic rings.